The van der Waals surface area contributed by atoms with Crippen molar-refractivity contribution >= 4 is 21.8 Å². The van der Waals surface area contributed by atoms with Gasteiger partial charge in [-0.15, -0.1) is 0 Å². The largest absolute Gasteiger partial charge is 0.352 e. The van der Waals surface area contributed by atoms with Crippen LogP contribution in [0, 0.1) is 17.6 Å². The van der Waals surface area contributed by atoms with Crippen molar-refractivity contribution in [1.29, 1.82) is 0 Å². The van der Waals surface area contributed by atoms with Crippen LogP contribution in [0.2, 0.25) is 0 Å². The predicted octanol–water partition coefficient (Wildman–Crippen LogP) is 4.15. The normalized spacial score (nSPS) is 19.8. The Morgan fingerprint density at radius 3 is 2.55 bits per heavy atom. The van der Waals surface area contributed by atoms with Gasteiger partial charge in [0.15, 0.2) is 0 Å². The van der Waals surface area contributed by atoms with Crippen LogP contribution in [0.5, 0.6) is 0 Å². The van der Waals surface area contributed by atoms with E-state index >= 15 is 0 Å². The molecule has 1 aliphatic carbocycles. The molecule has 1 fully saturated rings. The summed E-state index contributed by atoms with van der Waals surface area (Å²) < 4.78 is 26.8. The fourth-order valence-corrected chi connectivity index (χ4v) is 3.11. The van der Waals surface area contributed by atoms with E-state index < -0.39 is 0 Å². The highest BCUT2D eigenvalue weighted by molar-refractivity contribution is 9.10. The molecule has 0 heterocycles. The maximum atomic E-state index is 13.3. The van der Waals surface area contributed by atoms with Crippen molar-refractivity contribution in [2.75, 3.05) is 0 Å². The van der Waals surface area contributed by atoms with Crippen LogP contribution < -0.4 is 5.32 Å². The highest BCUT2D eigenvalue weighted by Gasteiger charge is 2.43. The quantitative estimate of drug-likeness (QED) is 0.866. The summed E-state index contributed by atoms with van der Waals surface area (Å²) in [4.78, 5) is 12.1. The van der Waals surface area contributed by atoms with Gasteiger partial charge in [0.05, 0.1) is 0 Å². The van der Waals surface area contributed by atoms with Crippen LogP contribution in [0.3, 0.4) is 0 Å². The number of halogens is 3. The molecule has 114 valence electrons. The molecule has 2 aromatic carbocycles. The summed E-state index contributed by atoms with van der Waals surface area (Å²) in [6.07, 6.45) is 0.768. The van der Waals surface area contributed by atoms with Crippen molar-refractivity contribution in [1.82, 2.24) is 5.32 Å². The molecule has 1 saturated carbocycles. The number of rotatable bonds is 4. The van der Waals surface area contributed by atoms with Crippen molar-refractivity contribution < 1.29 is 13.6 Å². The topological polar surface area (TPSA) is 29.1 Å². The smallest absolute Gasteiger partial charge is 0.224 e. The Hall–Kier alpha value is -1.75. The molecule has 0 bridgehead atoms. The Morgan fingerprint density at radius 1 is 1.14 bits per heavy atom. The van der Waals surface area contributed by atoms with Crippen LogP contribution in [-0.4, -0.2) is 5.91 Å². The Morgan fingerprint density at radius 2 is 1.86 bits per heavy atom. The molecule has 2 atom stereocenters. The van der Waals surface area contributed by atoms with Gasteiger partial charge < -0.3 is 5.32 Å². The van der Waals surface area contributed by atoms with Crippen molar-refractivity contribution in [2.45, 2.75) is 18.9 Å². The van der Waals surface area contributed by atoms with Gasteiger partial charge in [0.25, 0.3) is 0 Å². The molecule has 3 rings (SSSR count). The lowest BCUT2D eigenvalue weighted by atomic mass is 10.1. The maximum Gasteiger partial charge on any atom is 0.224 e. The van der Waals surface area contributed by atoms with E-state index in [1.807, 2.05) is 0 Å². The molecule has 0 aliphatic heterocycles. The van der Waals surface area contributed by atoms with Gasteiger partial charge in [-0.2, -0.15) is 0 Å². The summed E-state index contributed by atoms with van der Waals surface area (Å²) >= 11 is 3.22. The summed E-state index contributed by atoms with van der Waals surface area (Å²) in [5.41, 5.74) is 1.69. The fraction of sp³-hybridized carbons (Fsp3) is 0.235. The molecule has 0 aromatic heterocycles. The Bertz CT molecular complexity index is 682. The molecule has 0 spiro atoms. The SMILES string of the molecule is O=C(NCc1cc(F)cc(Br)c1)C1CC1c1ccc(F)cc1. The number of amides is 1. The molecular weight excluding hydrogens is 352 g/mol. The highest BCUT2D eigenvalue weighted by atomic mass is 79.9. The molecule has 0 radical (unpaired) electrons. The van der Waals surface area contributed by atoms with E-state index in [2.05, 4.69) is 21.2 Å². The van der Waals surface area contributed by atoms with E-state index in [9.17, 15) is 13.6 Å². The molecule has 2 aromatic rings. The number of benzene rings is 2. The third kappa shape index (κ3) is 3.53. The second-order valence-electron chi connectivity index (χ2n) is 5.50. The molecule has 22 heavy (non-hydrogen) atoms. The Kier molecular flexibility index (Phi) is 4.25. The first kappa shape index (κ1) is 15.2. The minimum atomic E-state index is -0.339. The van der Waals surface area contributed by atoms with Gasteiger partial charge in [0, 0.05) is 16.9 Å². The minimum absolute atomic E-state index is 0.0466. The van der Waals surface area contributed by atoms with Crippen LogP contribution in [0.15, 0.2) is 46.9 Å². The lowest BCUT2D eigenvalue weighted by Gasteiger charge is -2.06. The molecular formula is C17H14BrF2NO. The van der Waals surface area contributed by atoms with Gasteiger partial charge in [0.2, 0.25) is 5.91 Å². The lowest BCUT2D eigenvalue weighted by Crippen LogP contribution is -2.24. The summed E-state index contributed by atoms with van der Waals surface area (Å²) in [6.45, 7) is 0.293. The van der Waals surface area contributed by atoms with Crippen LogP contribution in [0.1, 0.15) is 23.5 Å². The van der Waals surface area contributed by atoms with Gasteiger partial charge in [-0.05, 0) is 53.8 Å². The monoisotopic (exact) mass is 365 g/mol. The van der Waals surface area contributed by atoms with Gasteiger partial charge in [-0.25, -0.2) is 8.78 Å². The Labute approximate surface area is 135 Å². The fourth-order valence-electron chi connectivity index (χ4n) is 2.60. The van der Waals surface area contributed by atoms with E-state index in [1.165, 1.54) is 24.3 Å². The van der Waals surface area contributed by atoms with Crippen molar-refractivity contribution in [3.8, 4) is 0 Å². The van der Waals surface area contributed by atoms with Crippen LogP contribution in [-0.2, 0) is 11.3 Å². The summed E-state index contributed by atoms with van der Waals surface area (Å²) in [5, 5.41) is 2.83. The van der Waals surface area contributed by atoms with E-state index in [4.69, 9.17) is 0 Å². The number of hydrogen-bond donors (Lipinski definition) is 1. The van der Waals surface area contributed by atoms with Gasteiger partial charge in [-0.1, -0.05) is 28.1 Å². The summed E-state index contributed by atoms with van der Waals surface area (Å²) in [6, 6.07) is 10.8. The van der Waals surface area contributed by atoms with Gasteiger partial charge in [0.1, 0.15) is 11.6 Å². The summed E-state index contributed by atoms with van der Waals surface area (Å²) in [5.74, 6) is -0.590. The predicted molar refractivity (Wildman–Crippen MR) is 83.2 cm³/mol. The average Bonchev–Trinajstić information content (AvgIpc) is 3.25. The third-order valence-electron chi connectivity index (χ3n) is 3.81. The van der Waals surface area contributed by atoms with Gasteiger partial charge >= 0.3 is 0 Å². The van der Waals surface area contributed by atoms with E-state index in [1.54, 1.807) is 18.2 Å². The standard InChI is InChI=1S/C17H14BrF2NO/c18-12-5-10(6-14(20)7-12)9-21-17(22)16-8-15(16)11-1-3-13(19)4-2-11/h1-7,15-16H,8-9H2,(H,21,22). The molecule has 2 unspecified atom stereocenters. The maximum absolute atomic E-state index is 13.3. The van der Waals surface area contributed by atoms with Crippen LogP contribution in [0.25, 0.3) is 0 Å². The number of hydrogen-bond acceptors (Lipinski definition) is 1. The van der Waals surface area contributed by atoms with Crippen LogP contribution in [0.4, 0.5) is 8.78 Å². The number of carbonyl (C=O) groups is 1. The van der Waals surface area contributed by atoms with Crippen molar-refractivity contribution in [3.05, 3.63) is 69.7 Å². The zero-order chi connectivity index (χ0) is 15.7. The third-order valence-corrected chi connectivity index (χ3v) is 4.27. The Balaban J connectivity index is 1.56. The van der Waals surface area contributed by atoms with E-state index in [-0.39, 0.29) is 29.4 Å². The number of carbonyl (C=O) groups excluding carboxylic acids is 1. The molecule has 1 N–H and O–H groups in total. The molecule has 5 heteroatoms. The first-order valence-electron chi connectivity index (χ1n) is 7.01. The van der Waals surface area contributed by atoms with Crippen molar-refractivity contribution in [3.63, 3.8) is 0 Å². The molecule has 0 saturated heterocycles. The second kappa shape index (κ2) is 6.16. The highest BCUT2D eigenvalue weighted by Crippen LogP contribution is 2.47. The second-order valence-corrected chi connectivity index (χ2v) is 6.41. The van der Waals surface area contributed by atoms with Gasteiger partial charge in [-0.3, -0.25) is 4.79 Å². The summed E-state index contributed by atoms with van der Waals surface area (Å²) in [7, 11) is 0. The zero-order valence-corrected chi connectivity index (χ0v) is 13.2. The molecule has 2 nitrogen and oxygen atoms in total. The lowest BCUT2D eigenvalue weighted by molar-refractivity contribution is -0.122. The molecule has 1 amide bonds. The van der Waals surface area contributed by atoms with E-state index in [0.717, 1.165) is 12.0 Å². The van der Waals surface area contributed by atoms with E-state index in [0.29, 0.717) is 16.6 Å². The first-order valence-corrected chi connectivity index (χ1v) is 7.80. The molecule has 1 aliphatic rings. The van der Waals surface area contributed by atoms with Crippen LogP contribution >= 0.6 is 15.9 Å². The first-order chi connectivity index (χ1) is 10.5. The number of nitrogens with one attached hydrogen (secondary N) is 1. The van der Waals surface area contributed by atoms with Crippen molar-refractivity contribution in [2.24, 2.45) is 5.92 Å². The average molecular weight is 366 g/mol. The zero-order valence-electron chi connectivity index (χ0n) is 11.7. The minimum Gasteiger partial charge on any atom is -0.352 e.